The van der Waals surface area contributed by atoms with Crippen molar-refractivity contribution in [3.05, 3.63) is 101 Å². The van der Waals surface area contributed by atoms with Crippen molar-refractivity contribution in [2.75, 3.05) is 6.26 Å². The molecule has 0 saturated carbocycles. The maximum absolute atomic E-state index is 14.5. The van der Waals surface area contributed by atoms with Crippen LogP contribution in [0.25, 0.3) is 5.82 Å². The topological polar surface area (TPSA) is 102 Å². The van der Waals surface area contributed by atoms with E-state index in [-0.39, 0.29) is 16.2 Å². The summed E-state index contributed by atoms with van der Waals surface area (Å²) in [7, 11) is -3.39. The lowest BCUT2D eigenvalue weighted by molar-refractivity contribution is 0.0695. The van der Waals surface area contributed by atoms with E-state index in [1.54, 1.807) is 22.9 Å². The predicted molar refractivity (Wildman–Crippen MR) is 136 cm³/mol. The molecule has 2 heterocycles. The van der Waals surface area contributed by atoms with Crippen LogP contribution in [-0.2, 0) is 21.0 Å². The fraction of sp³-hybridized carbons (Fsp3) is 0.192. The SMILES string of the molecule is CC(C)(c1ccc(S(C)(=O)=O)cc1)c1cnc(SCc2c(F)cc(C(=O)O)cc2F)n1-c1ccc(F)cn1. The van der Waals surface area contributed by atoms with Gasteiger partial charge in [-0.05, 0) is 42.0 Å². The highest BCUT2D eigenvalue weighted by Gasteiger charge is 2.30. The third kappa shape index (κ3) is 5.46. The van der Waals surface area contributed by atoms with E-state index in [1.807, 2.05) is 13.8 Å². The second kappa shape index (κ2) is 10.3. The van der Waals surface area contributed by atoms with Crippen LogP contribution in [0.2, 0.25) is 0 Å². The summed E-state index contributed by atoms with van der Waals surface area (Å²) >= 11 is 0.991. The van der Waals surface area contributed by atoms with Gasteiger partial charge in [-0.2, -0.15) is 0 Å². The van der Waals surface area contributed by atoms with Crippen LogP contribution >= 0.6 is 11.8 Å². The average molecular weight is 562 g/mol. The van der Waals surface area contributed by atoms with Gasteiger partial charge in [-0.25, -0.2) is 36.4 Å². The molecule has 0 unspecified atom stereocenters. The van der Waals surface area contributed by atoms with Crippen LogP contribution < -0.4 is 0 Å². The van der Waals surface area contributed by atoms with E-state index in [0.717, 1.165) is 41.9 Å². The van der Waals surface area contributed by atoms with Gasteiger partial charge in [-0.15, -0.1) is 0 Å². The molecular weight excluding hydrogens is 539 g/mol. The van der Waals surface area contributed by atoms with E-state index >= 15 is 0 Å². The third-order valence-electron chi connectivity index (χ3n) is 6.05. The zero-order valence-corrected chi connectivity index (χ0v) is 22.1. The highest BCUT2D eigenvalue weighted by molar-refractivity contribution is 7.98. The molecule has 0 spiro atoms. The molecule has 0 amide bonds. The molecule has 0 saturated heterocycles. The Labute approximate surface area is 221 Å². The summed E-state index contributed by atoms with van der Waals surface area (Å²) in [5.41, 5.74) is -0.215. The summed E-state index contributed by atoms with van der Waals surface area (Å²) in [4.78, 5) is 19.9. The number of aromatic nitrogens is 3. The van der Waals surface area contributed by atoms with Crippen LogP contribution in [-0.4, -0.2) is 40.3 Å². The Morgan fingerprint density at radius 2 is 1.63 bits per heavy atom. The fourth-order valence-electron chi connectivity index (χ4n) is 3.87. The molecule has 7 nitrogen and oxygen atoms in total. The van der Waals surface area contributed by atoms with E-state index in [0.29, 0.717) is 16.7 Å². The van der Waals surface area contributed by atoms with Gasteiger partial charge < -0.3 is 5.11 Å². The zero-order valence-electron chi connectivity index (χ0n) is 20.4. The number of hydrogen-bond acceptors (Lipinski definition) is 6. The number of imidazole rings is 1. The maximum atomic E-state index is 14.5. The summed E-state index contributed by atoms with van der Waals surface area (Å²) in [5.74, 6) is -3.90. The summed E-state index contributed by atoms with van der Waals surface area (Å²) in [6.45, 7) is 3.77. The molecule has 0 aliphatic carbocycles. The van der Waals surface area contributed by atoms with Crippen molar-refractivity contribution in [3.8, 4) is 5.82 Å². The quantitative estimate of drug-likeness (QED) is 0.287. The minimum atomic E-state index is -3.39. The lowest BCUT2D eigenvalue weighted by atomic mass is 9.81. The number of hydrogen-bond donors (Lipinski definition) is 1. The van der Waals surface area contributed by atoms with Gasteiger partial charge in [0.05, 0.1) is 28.5 Å². The molecule has 12 heteroatoms. The molecule has 4 aromatic rings. The number of sulfone groups is 1. The molecule has 1 N–H and O–H groups in total. The van der Waals surface area contributed by atoms with E-state index in [2.05, 4.69) is 9.97 Å². The van der Waals surface area contributed by atoms with Crippen LogP contribution in [0.1, 0.15) is 41.0 Å². The van der Waals surface area contributed by atoms with E-state index in [9.17, 15) is 26.4 Å². The van der Waals surface area contributed by atoms with Crippen molar-refractivity contribution in [3.63, 3.8) is 0 Å². The second-order valence-electron chi connectivity index (χ2n) is 9.03. The first-order valence-electron chi connectivity index (χ1n) is 11.1. The zero-order chi connectivity index (χ0) is 27.8. The number of aromatic carboxylic acids is 1. The van der Waals surface area contributed by atoms with Crippen molar-refractivity contribution >= 4 is 27.6 Å². The minimum Gasteiger partial charge on any atom is -0.478 e. The van der Waals surface area contributed by atoms with Gasteiger partial charge in [-0.3, -0.25) is 4.57 Å². The molecule has 198 valence electrons. The fourth-order valence-corrected chi connectivity index (χ4v) is 5.49. The number of carbonyl (C=O) groups is 1. The summed E-state index contributed by atoms with van der Waals surface area (Å²) in [6.07, 6.45) is 3.72. The first-order valence-corrected chi connectivity index (χ1v) is 14.0. The van der Waals surface area contributed by atoms with Crippen LogP contribution in [0.4, 0.5) is 13.2 Å². The number of nitrogens with zero attached hydrogens (tertiary/aromatic N) is 3. The molecule has 0 aliphatic rings. The number of carboxylic acid groups (broad SMARTS) is 1. The minimum absolute atomic E-state index is 0.167. The van der Waals surface area contributed by atoms with E-state index in [4.69, 9.17) is 5.11 Å². The van der Waals surface area contributed by atoms with Gasteiger partial charge in [-0.1, -0.05) is 37.7 Å². The molecule has 4 rings (SSSR count). The number of rotatable bonds is 8. The number of benzene rings is 2. The van der Waals surface area contributed by atoms with E-state index in [1.165, 1.54) is 24.3 Å². The van der Waals surface area contributed by atoms with Crippen LogP contribution in [0.15, 0.2) is 71.0 Å². The summed E-state index contributed by atoms with van der Waals surface area (Å²) in [6, 6.07) is 10.6. The molecule has 0 bridgehead atoms. The number of halogens is 3. The normalized spacial score (nSPS) is 12.1. The molecule has 0 aliphatic heterocycles. The Morgan fingerprint density at radius 3 is 2.16 bits per heavy atom. The van der Waals surface area contributed by atoms with Gasteiger partial charge in [0, 0.05) is 23.0 Å². The molecule has 0 fully saturated rings. The molecular formula is C26H22F3N3O4S2. The lowest BCUT2D eigenvalue weighted by Gasteiger charge is -2.27. The van der Waals surface area contributed by atoms with Gasteiger partial charge >= 0.3 is 5.97 Å². The maximum Gasteiger partial charge on any atom is 0.335 e. The number of thioether (sulfide) groups is 1. The highest BCUT2D eigenvalue weighted by atomic mass is 32.2. The van der Waals surface area contributed by atoms with Crippen LogP contribution in [0.5, 0.6) is 0 Å². The first kappa shape index (κ1) is 27.4. The predicted octanol–water partition coefficient (Wildman–Crippen LogP) is 5.40. The third-order valence-corrected chi connectivity index (χ3v) is 8.16. The lowest BCUT2D eigenvalue weighted by Crippen LogP contribution is -2.23. The van der Waals surface area contributed by atoms with Gasteiger partial charge in [0.25, 0.3) is 0 Å². The Balaban J connectivity index is 1.76. The molecule has 2 aromatic carbocycles. The molecule has 0 atom stereocenters. The van der Waals surface area contributed by atoms with Crippen molar-refractivity contribution in [2.24, 2.45) is 0 Å². The number of pyridine rings is 1. The first-order chi connectivity index (χ1) is 17.8. The summed E-state index contributed by atoms with van der Waals surface area (Å²) in [5, 5.41) is 9.33. The van der Waals surface area contributed by atoms with Crippen molar-refractivity contribution in [2.45, 2.75) is 35.1 Å². The Morgan fingerprint density at radius 1 is 1.00 bits per heavy atom. The Hall–Kier alpha value is -3.64. The largest absolute Gasteiger partial charge is 0.478 e. The van der Waals surface area contributed by atoms with Gasteiger partial charge in [0.1, 0.15) is 23.3 Å². The van der Waals surface area contributed by atoms with Crippen LogP contribution in [0.3, 0.4) is 0 Å². The highest BCUT2D eigenvalue weighted by Crippen LogP contribution is 2.37. The standard InChI is InChI=1S/C26H22F3N3O4S2/c1-26(2,16-4-7-18(8-5-16)38(3,35)36)22-13-31-25(32(22)23-9-6-17(27)12-30-23)37-14-19-20(28)10-15(24(33)34)11-21(19)29/h4-13H,14H2,1-3H3,(H,33,34). The summed E-state index contributed by atoms with van der Waals surface area (Å²) < 4.78 is 68.1. The van der Waals surface area contributed by atoms with Gasteiger partial charge in [0.2, 0.25) is 0 Å². The molecule has 38 heavy (non-hydrogen) atoms. The van der Waals surface area contributed by atoms with Crippen LogP contribution in [0, 0.1) is 17.5 Å². The Bertz CT molecular complexity index is 1600. The average Bonchev–Trinajstić information content (AvgIpc) is 3.28. The second-order valence-corrected chi connectivity index (χ2v) is 12.0. The molecule has 2 aromatic heterocycles. The van der Waals surface area contributed by atoms with Gasteiger partial charge in [0.15, 0.2) is 15.0 Å². The van der Waals surface area contributed by atoms with Crippen molar-refractivity contribution < 1.29 is 31.5 Å². The smallest absolute Gasteiger partial charge is 0.335 e. The Kier molecular flexibility index (Phi) is 7.39. The molecule has 0 radical (unpaired) electrons. The van der Waals surface area contributed by atoms with Crippen molar-refractivity contribution in [1.82, 2.24) is 14.5 Å². The van der Waals surface area contributed by atoms with Crippen molar-refractivity contribution in [1.29, 1.82) is 0 Å². The number of carboxylic acids is 1. The monoisotopic (exact) mass is 561 g/mol. The van der Waals surface area contributed by atoms with E-state index < -0.39 is 44.2 Å².